The van der Waals surface area contributed by atoms with Gasteiger partial charge < -0.3 is 20.3 Å². The van der Waals surface area contributed by atoms with Crippen LogP contribution in [0.2, 0.25) is 0 Å². The number of anilines is 1. The summed E-state index contributed by atoms with van der Waals surface area (Å²) in [5, 5.41) is 5.52. The molecule has 1 aromatic carbocycles. The molecule has 0 bridgehead atoms. The summed E-state index contributed by atoms with van der Waals surface area (Å²) in [4.78, 5) is 24.5. The average Bonchev–Trinajstić information content (AvgIpc) is 2.44. The van der Waals surface area contributed by atoms with Gasteiger partial charge in [-0.05, 0) is 24.1 Å². The first-order chi connectivity index (χ1) is 10.0. The van der Waals surface area contributed by atoms with Crippen molar-refractivity contribution < 1.29 is 14.3 Å². The second-order valence-corrected chi connectivity index (χ2v) is 4.80. The summed E-state index contributed by atoms with van der Waals surface area (Å²) in [5.41, 5.74) is 1.67. The van der Waals surface area contributed by atoms with Crippen molar-refractivity contribution in [3.63, 3.8) is 0 Å². The molecule has 2 N–H and O–H groups in total. The number of carbonyl (C=O) groups excluding carboxylic acids is 2. The van der Waals surface area contributed by atoms with Gasteiger partial charge in [0.1, 0.15) is 0 Å². The van der Waals surface area contributed by atoms with Gasteiger partial charge in [0.05, 0.1) is 0 Å². The zero-order valence-electron chi connectivity index (χ0n) is 12.8. The van der Waals surface area contributed by atoms with Gasteiger partial charge in [0, 0.05) is 46.5 Å². The molecule has 0 aliphatic carbocycles. The summed E-state index contributed by atoms with van der Waals surface area (Å²) >= 11 is 0. The third-order valence-corrected chi connectivity index (χ3v) is 2.95. The minimum Gasteiger partial charge on any atom is -0.385 e. The summed E-state index contributed by atoms with van der Waals surface area (Å²) in [6, 6.07) is 7.19. The Morgan fingerprint density at radius 2 is 2.10 bits per heavy atom. The first-order valence-corrected chi connectivity index (χ1v) is 6.87. The SMILES string of the molecule is COCCCNC(=O)Nc1cccc(CN(C)C(C)=O)c1. The van der Waals surface area contributed by atoms with Crippen molar-refractivity contribution in [3.8, 4) is 0 Å². The lowest BCUT2D eigenvalue weighted by Crippen LogP contribution is -2.30. The Bertz CT molecular complexity index is 477. The second kappa shape index (κ2) is 8.97. The lowest BCUT2D eigenvalue weighted by Gasteiger charge is -2.15. The molecule has 6 heteroatoms. The van der Waals surface area contributed by atoms with Gasteiger partial charge in [-0.3, -0.25) is 4.79 Å². The Balaban J connectivity index is 2.48. The van der Waals surface area contributed by atoms with Crippen molar-refractivity contribution >= 4 is 17.6 Å². The van der Waals surface area contributed by atoms with Crippen molar-refractivity contribution in [1.82, 2.24) is 10.2 Å². The van der Waals surface area contributed by atoms with E-state index in [4.69, 9.17) is 4.74 Å². The number of methoxy groups -OCH3 is 1. The first kappa shape index (κ1) is 17.0. The number of carbonyl (C=O) groups is 2. The van der Waals surface area contributed by atoms with E-state index in [9.17, 15) is 9.59 Å². The molecule has 1 rings (SSSR count). The minimum atomic E-state index is -0.247. The van der Waals surface area contributed by atoms with Gasteiger partial charge in [-0.1, -0.05) is 12.1 Å². The van der Waals surface area contributed by atoms with Crippen molar-refractivity contribution in [2.45, 2.75) is 19.9 Å². The third kappa shape index (κ3) is 6.76. The number of urea groups is 1. The fraction of sp³-hybridized carbons (Fsp3) is 0.467. The van der Waals surface area contributed by atoms with Crippen LogP contribution in [0.25, 0.3) is 0 Å². The van der Waals surface area contributed by atoms with E-state index < -0.39 is 0 Å². The number of nitrogens with zero attached hydrogens (tertiary/aromatic N) is 1. The maximum absolute atomic E-state index is 11.7. The van der Waals surface area contributed by atoms with Gasteiger partial charge >= 0.3 is 6.03 Å². The van der Waals surface area contributed by atoms with E-state index in [0.717, 1.165) is 12.0 Å². The molecule has 0 radical (unpaired) electrons. The van der Waals surface area contributed by atoms with E-state index >= 15 is 0 Å². The smallest absolute Gasteiger partial charge is 0.319 e. The predicted molar refractivity (Wildman–Crippen MR) is 82.1 cm³/mol. The zero-order chi connectivity index (χ0) is 15.7. The van der Waals surface area contributed by atoms with Crippen molar-refractivity contribution in [2.75, 3.05) is 32.6 Å². The fourth-order valence-electron chi connectivity index (χ4n) is 1.73. The molecule has 0 spiro atoms. The van der Waals surface area contributed by atoms with Gasteiger partial charge in [-0.15, -0.1) is 0 Å². The molecule has 1 aromatic rings. The summed E-state index contributed by atoms with van der Waals surface area (Å²) in [5.74, 6) is 0.00393. The summed E-state index contributed by atoms with van der Waals surface area (Å²) < 4.78 is 4.91. The predicted octanol–water partition coefficient (Wildman–Crippen LogP) is 1.82. The topological polar surface area (TPSA) is 70.7 Å². The number of amides is 3. The van der Waals surface area contributed by atoms with E-state index in [-0.39, 0.29) is 11.9 Å². The zero-order valence-corrected chi connectivity index (χ0v) is 12.8. The molecule has 3 amide bonds. The minimum absolute atomic E-state index is 0.00393. The Hall–Kier alpha value is -2.08. The molecule has 0 unspecified atom stereocenters. The van der Waals surface area contributed by atoms with E-state index in [1.165, 1.54) is 6.92 Å². The molecule has 6 nitrogen and oxygen atoms in total. The number of hydrogen-bond acceptors (Lipinski definition) is 3. The largest absolute Gasteiger partial charge is 0.385 e. The third-order valence-electron chi connectivity index (χ3n) is 2.95. The Labute approximate surface area is 125 Å². The van der Waals surface area contributed by atoms with E-state index in [1.807, 2.05) is 24.3 Å². The highest BCUT2D eigenvalue weighted by Gasteiger charge is 2.05. The summed E-state index contributed by atoms with van der Waals surface area (Å²) in [6.07, 6.45) is 0.771. The second-order valence-electron chi connectivity index (χ2n) is 4.80. The van der Waals surface area contributed by atoms with Crippen LogP contribution < -0.4 is 10.6 Å². The molecule has 0 aliphatic heterocycles. The molecule has 0 heterocycles. The van der Waals surface area contributed by atoms with Gasteiger partial charge in [0.2, 0.25) is 5.91 Å². The highest BCUT2D eigenvalue weighted by Crippen LogP contribution is 2.12. The maximum atomic E-state index is 11.7. The van der Waals surface area contributed by atoms with Crippen LogP contribution in [-0.2, 0) is 16.1 Å². The maximum Gasteiger partial charge on any atom is 0.319 e. The normalized spacial score (nSPS) is 10.0. The van der Waals surface area contributed by atoms with E-state index in [2.05, 4.69) is 10.6 Å². The van der Waals surface area contributed by atoms with E-state index in [1.54, 1.807) is 19.1 Å². The standard InChI is InChI=1S/C15H23N3O3/c1-12(19)18(2)11-13-6-4-7-14(10-13)17-15(20)16-8-5-9-21-3/h4,6-7,10H,5,8-9,11H2,1-3H3,(H2,16,17,20). The average molecular weight is 293 g/mol. The van der Waals surface area contributed by atoms with Crippen LogP contribution in [0.5, 0.6) is 0 Å². The molecule has 0 aromatic heterocycles. The number of rotatable bonds is 7. The number of nitrogens with one attached hydrogen (secondary N) is 2. The summed E-state index contributed by atoms with van der Waals surface area (Å²) in [6.45, 7) is 3.22. The van der Waals surface area contributed by atoms with Crippen molar-refractivity contribution in [1.29, 1.82) is 0 Å². The lowest BCUT2D eigenvalue weighted by atomic mass is 10.2. The number of benzene rings is 1. The molecule has 0 saturated heterocycles. The van der Waals surface area contributed by atoms with Crippen LogP contribution in [0.15, 0.2) is 24.3 Å². The van der Waals surface area contributed by atoms with Crippen molar-refractivity contribution in [3.05, 3.63) is 29.8 Å². The quantitative estimate of drug-likeness (QED) is 0.753. The molecular formula is C15H23N3O3. The monoisotopic (exact) mass is 293 g/mol. The molecule has 0 atom stereocenters. The van der Waals surface area contributed by atoms with E-state index in [0.29, 0.717) is 25.4 Å². The van der Waals surface area contributed by atoms with Crippen LogP contribution in [0.3, 0.4) is 0 Å². The number of hydrogen-bond donors (Lipinski definition) is 2. The molecule has 0 fully saturated rings. The van der Waals surface area contributed by atoms with Crippen LogP contribution in [0, 0.1) is 0 Å². The lowest BCUT2D eigenvalue weighted by molar-refractivity contribution is -0.128. The highest BCUT2D eigenvalue weighted by atomic mass is 16.5. The van der Waals surface area contributed by atoms with Crippen LogP contribution in [-0.4, -0.2) is 44.1 Å². The highest BCUT2D eigenvalue weighted by molar-refractivity contribution is 5.89. The molecule has 116 valence electrons. The Morgan fingerprint density at radius 1 is 1.33 bits per heavy atom. The van der Waals surface area contributed by atoms with Crippen LogP contribution >= 0.6 is 0 Å². The van der Waals surface area contributed by atoms with Crippen molar-refractivity contribution in [2.24, 2.45) is 0 Å². The first-order valence-electron chi connectivity index (χ1n) is 6.87. The van der Waals surface area contributed by atoms with Crippen LogP contribution in [0.4, 0.5) is 10.5 Å². The molecule has 0 aliphatic rings. The van der Waals surface area contributed by atoms with Crippen LogP contribution in [0.1, 0.15) is 18.9 Å². The Morgan fingerprint density at radius 3 is 2.76 bits per heavy atom. The summed E-state index contributed by atoms with van der Waals surface area (Å²) in [7, 11) is 3.37. The van der Waals surface area contributed by atoms with Gasteiger partial charge in [-0.25, -0.2) is 4.79 Å². The molecular weight excluding hydrogens is 270 g/mol. The molecule has 21 heavy (non-hydrogen) atoms. The number of ether oxygens (including phenoxy) is 1. The van der Waals surface area contributed by atoms with Gasteiger partial charge in [0.15, 0.2) is 0 Å². The van der Waals surface area contributed by atoms with Gasteiger partial charge in [-0.2, -0.15) is 0 Å². The fourth-order valence-corrected chi connectivity index (χ4v) is 1.73. The Kier molecular flexibility index (Phi) is 7.25. The molecule has 0 saturated carbocycles. The van der Waals surface area contributed by atoms with Gasteiger partial charge in [0.25, 0.3) is 0 Å².